The molecular weight excluding hydrogens is 248 g/mol. The predicted octanol–water partition coefficient (Wildman–Crippen LogP) is 2.44. The maximum Gasteiger partial charge on any atom is 0.0641 e. The van der Waals surface area contributed by atoms with Gasteiger partial charge < -0.3 is 10.6 Å². The molecule has 0 spiro atoms. The molecule has 1 aliphatic heterocycles. The molecule has 1 fully saturated rings. The summed E-state index contributed by atoms with van der Waals surface area (Å²) in [5, 5.41) is 12.0. The van der Waals surface area contributed by atoms with Gasteiger partial charge >= 0.3 is 0 Å². The highest BCUT2D eigenvalue weighted by molar-refractivity contribution is 5.24. The summed E-state index contributed by atoms with van der Waals surface area (Å²) in [6, 6.07) is 0.556. The maximum atomic E-state index is 4.50. The first-order chi connectivity index (χ1) is 9.10. The van der Waals surface area contributed by atoms with Crippen LogP contribution in [0.15, 0.2) is 0 Å². The van der Waals surface area contributed by atoms with Crippen molar-refractivity contribution in [3.63, 3.8) is 0 Å². The molecule has 1 aliphatic rings. The first kappa shape index (κ1) is 15.5. The Morgan fingerprint density at radius 2 is 1.75 bits per heavy atom. The molecule has 1 aromatic heterocycles. The highest BCUT2D eigenvalue weighted by Crippen LogP contribution is 2.28. The van der Waals surface area contributed by atoms with Gasteiger partial charge in [0.15, 0.2) is 0 Å². The van der Waals surface area contributed by atoms with Crippen molar-refractivity contribution >= 4 is 0 Å². The molecule has 1 saturated heterocycles. The summed E-state index contributed by atoms with van der Waals surface area (Å²) in [4.78, 5) is 0. The lowest BCUT2D eigenvalue weighted by molar-refractivity contribution is 0.145. The number of rotatable bonds is 3. The average Bonchev–Trinajstić information content (AvgIpc) is 2.46. The molecule has 2 rings (SSSR count). The second-order valence-electron chi connectivity index (χ2n) is 7.65. The van der Waals surface area contributed by atoms with Crippen molar-refractivity contribution in [1.29, 1.82) is 0 Å². The van der Waals surface area contributed by atoms with Crippen LogP contribution in [0.2, 0.25) is 0 Å². The van der Waals surface area contributed by atoms with Gasteiger partial charge in [0.25, 0.3) is 0 Å². The van der Waals surface area contributed by atoms with Crippen LogP contribution in [0, 0.1) is 13.8 Å². The zero-order valence-electron chi connectivity index (χ0n) is 14.1. The van der Waals surface area contributed by atoms with E-state index < -0.39 is 0 Å². The third kappa shape index (κ3) is 3.41. The van der Waals surface area contributed by atoms with Crippen LogP contribution in [0.4, 0.5) is 0 Å². The Bertz CT molecular complexity index is 469. The summed E-state index contributed by atoms with van der Waals surface area (Å²) in [5.41, 5.74) is 4.14. The van der Waals surface area contributed by atoms with Gasteiger partial charge in [-0.05, 0) is 54.4 Å². The van der Waals surface area contributed by atoms with Gasteiger partial charge in [0, 0.05) is 42.0 Å². The highest BCUT2D eigenvalue weighted by atomic mass is 15.3. The molecule has 2 heterocycles. The van der Waals surface area contributed by atoms with Gasteiger partial charge in [0.05, 0.1) is 5.69 Å². The average molecular weight is 278 g/mol. The quantitative estimate of drug-likeness (QED) is 0.892. The van der Waals surface area contributed by atoms with Crippen molar-refractivity contribution < 1.29 is 0 Å². The normalized spacial score (nSPS) is 22.1. The SMILES string of the molecule is Cc1nn(C)c(C)c1CNC1CC(C)(C)NC(C)(C)C1. The van der Waals surface area contributed by atoms with E-state index in [1.54, 1.807) is 0 Å². The lowest BCUT2D eigenvalue weighted by Gasteiger charge is -2.46. The fraction of sp³-hybridized carbons (Fsp3) is 0.812. The van der Waals surface area contributed by atoms with Crippen LogP contribution >= 0.6 is 0 Å². The van der Waals surface area contributed by atoms with E-state index in [1.807, 2.05) is 11.7 Å². The molecule has 0 atom stereocenters. The Labute approximate surface area is 123 Å². The van der Waals surface area contributed by atoms with Crippen molar-refractivity contribution in [3.8, 4) is 0 Å². The molecule has 114 valence electrons. The van der Waals surface area contributed by atoms with Gasteiger partial charge in [0.2, 0.25) is 0 Å². The highest BCUT2D eigenvalue weighted by Gasteiger charge is 2.37. The summed E-state index contributed by atoms with van der Waals surface area (Å²) >= 11 is 0. The number of hydrogen-bond donors (Lipinski definition) is 2. The first-order valence-corrected chi connectivity index (χ1v) is 7.61. The Kier molecular flexibility index (Phi) is 4.00. The number of hydrogen-bond acceptors (Lipinski definition) is 3. The summed E-state index contributed by atoms with van der Waals surface area (Å²) in [6.07, 6.45) is 2.32. The van der Waals surface area contributed by atoms with Crippen LogP contribution in [0.25, 0.3) is 0 Å². The maximum absolute atomic E-state index is 4.50. The topological polar surface area (TPSA) is 41.9 Å². The van der Waals surface area contributed by atoms with Gasteiger partial charge in [-0.1, -0.05) is 0 Å². The Balaban J connectivity index is 2.03. The Hall–Kier alpha value is -0.870. The van der Waals surface area contributed by atoms with Crippen molar-refractivity contribution in [1.82, 2.24) is 20.4 Å². The predicted molar refractivity (Wildman–Crippen MR) is 83.8 cm³/mol. The second-order valence-corrected chi connectivity index (χ2v) is 7.65. The van der Waals surface area contributed by atoms with Crippen molar-refractivity contribution in [3.05, 3.63) is 17.0 Å². The number of piperidine rings is 1. The first-order valence-electron chi connectivity index (χ1n) is 7.61. The summed E-state index contributed by atoms with van der Waals surface area (Å²) < 4.78 is 1.97. The molecular formula is C16H30N4. The van der Waals surface area contributed by atoms with Gasteiger partial charge in [-0.15, -0.1) is 0 Å². The van der Waals surface area contributed by atoms with Crippen molar-refractivity contribution in [2.75, 3.05) is 0 Å². The smallest absolute Gasteiger partial charge is 0.0641 e. The zero-order chi connectivity index (χ0) is 15.1. The lowest BCUT2D eigenvalue weighted by atomic mass is 9.79. The number of nitrogens with one attached hydrogen (secondary N) is 2. The molecule has 0 aromatic carbocycles. The summed E-state index contributed by atoms with van der Waals surface area (Å²) in [5.74, 6) is 0. The van der Waals surface area contributed by atoms with Crippen LogP contribution in [-0.4, -0.2) is 26.9 Å². The van der Waals surface area contributed by atoms with Gasteiger partial charge in [0.1, 0.15) is 0 Å². The molecule has 0 aliphatic carbocycles. The number of aromatic nitrogens is 2. The van der Waals surface area contributed by atoms with Crippen LogP contribution in [0.1, 0.15) is 57.5 Å². The fourth-order valence-electron chi connectivity index (χ4n) is 3.79. The molecule has 0 saturated carbocycles. The lowest BCUT2D eigenvalue weighted by Crippen LogP contribution is -2.61. The van der Waals surface area contributed by atoms with Crippen LogP contribution in [0.3, 0.4) is 0 Å². The number of nitrogens with zero attached hydrogens (tertiary/aromatic N) is 2. The molecule has 1 aromatic rings. The monoisotopic (exact) mass is 278 g/mol. The molecule has 0 amide bonds. The molecule has 2 N–H and O–H groups in total. The van der Waals surface area contributed by atoms with Crippen molar-refractivity contribution in [2.24, 2.45) is 7.05 Å². The van der Waals surface area contributed by atoms with Crippen molar-refractivity contribution in [2.45, 2.75) is 78.0 Å². The Morgan fingerprint density at radius 3 is 2.20 bits per heavy atom. The fourth-order valence-corrected chi connectivity index (χ4v) is 3.79. The minimum atomic E-state index is 0.193. The van der Waals surface area contributed by atoms with E-state index in [4.69, 9.17) is 0 Å². The zero-order valence-corrected chi connectivity index (χ0v) is 14.1. The van der Waals surface area contributed by atoms with Crippen LogP contribution < -0.4 is 10.6 Å². The van der Waals surface area contributed by atoms with E-state index in [2.05, 4.69) is 57.3 Å². The van der Waals surface area contributed by atoms with E-state index in [9.17, 15) is 0 Å². The van der Waals surface area contributed by atoms with E-state index in [0.29, 0.717) is 6.04 Å². The van der Waals surface area contributed by atoms with Crippen LogP contribution in [-0.2, 0) is 13.6 Å². The third-order valence-corrected chi connectivity index (χ3v) is 4.42. The Morgan fingerprint density at radius 1 is 1.20 bits per heavy atom. The second kappa shape index (κ2) is 5.15. The van der Waals surface area contributed by atoms with E-state index in [-0.39, 0.29) is 11.1 Å². The molecule has 0 unspecified atom stereocenters. The largest absolute Gasteiger partial charge is 0.310 e. The minimum Gasteiger partial charge on any atom is -0.310 e. The van der Waals surface area contributed by atoms with Gasteiger partial charge in [-0.2, -0.15) is 5.10 Å². The van der Waals surface area contributed by atoms with E-state index >= 15 is 0 Å². The van der Waals surface area contributed by atoms with E-state index in [1.165, 1.54) is 11.3 Å². The number of aryl methyl sites for hydroxylation is 2. The summed E-state index contributed by atoms with van der Waals surface area (Å²) in [6.45, 7) is 14.3. The van der Waals surface area contributed by atoms with Gasteiger partial charge in [-0.25, -0.2) is 0 Å². The molecule has 0 bridgehead atoms. The molecule has 4 heteroatoms. The standard InChI is InChI=1S/C16H30N4/c1-11-14(12(2)20(7)18-11)10-17-13-8-15(3,4)19-16(5,6)9-13/h13,17,19H,8-10H2,1-7H3. The van der Waals surface area contributed by atoms with E-state index in [0.717, 1.165) is 25.1 Å². The molecule has 20 heavy (non-hydrogen) atoms. The minimum absolute atomic E-state index is 0.193. The summed E-state index contributed by atoms with van der Waals surface area (Å²) in [7, 11) is 2.02. The third-order valence-electron chi connectivity index (χ3n) is 4.42. The van der Waals surface area contributed by atoms with Crippen LogP contribution in [0.5, 0.6) is 0 Å². The molecule has 0 radical (unpaired) electrons. The molecule has 4 nitrogen and oxygen atoms in total. The van der Waals surface area contributed by atoms with Gasteiger partial charge in [-0.3, -0.25) is 4.68 Å².